The number of methoxy groups -OCH3 is 2. The summed E-state index contributed by atoms with van der Waals surface area (Å²) in [5.41, 5.74) is 8.62. The van der Waals surface area contributed by atoms with E-state index in [-0.39, 0.29) is 25.4 Å². The van der Waals surface area contributed by atoms with Gasteiger partial charge >= 0.3 is 0 Å². The number of hydrogen-bond donors (Lipinski definition) is 2. The second-order valence-corrected chi connectivity index (χ2v) is 9.60. The Hall–Kier alpha value is -3.14. The number of likely N-dealkylation sites (tertiary alicyclic amines) is 1. The van der Waals surface area contributed by atoms with Gasteiger partial charge in [0, 0.05) is 30.8 Å². The first-order chi connectivity index (χ1) is 17.0. The Morgan fingerprint density at radius 2 is 1.75 bits per heavy atom. The van der Waals surface area contributed by atoms with E-state index in [0.717, 1.165) is 61.3 Å². The van der Waals surface area contributed by atoms with Crippen molar-refractivity contribution < 1.29 is 19.1 Å². The minimum absolute atomic E-state index is 0. The molecule has 1 atom stereocenters. The maximum atomic E-state index is 12.7. The molecule has 1 aromatic carbocycles. The minimum Gasteiger partial charge on any atom is -0.496 e. The second-order valence-electron chi connectivity index (χ2n) is 9.60. The third-order valence-electron chi connectivity index (χ3n) is 7.58. The van der Waals surface area contributed by atoms with Crippen LogP contribution in [0, 0.1) is 5.92 Å². The molecule has 2 aliphatic heterocycles. The molecule has 5 rings (SSSR count). The Bertz CT molecular complexity index is 1140. The molecule has 2 aromatic rings. The van der Waals surface area contributed by atoms with E-state index in [9.17, 15) is 9.59 Å². The van der Waals surface area contributed by atoms with Gasteiger partial charge in [0.05, 0.1) is 20.3 Å². The summed E-state index contributed by atoms with van der Waals surface area (Å²) in [6.07, 6.45) is 6.24. The Morgan fingerprint density at radius 1 is 1.11 bits per heavy atom. The number of primary amides is 1. The summed E-state index contributed by atoms with van der Waals surface area (Å²) in [5, 5.41) is 8.32. The number of piperidine rings is 1. The highest BCUT2D eigenvalue weighted by molar-refractivity contribution is 7.59. The van der Waals surface area contributed by atoms with Crippen LogP contribution in [0.1, 0.15) is 60.0 Å². The molecule has 2 fully saturated rings. The van der Waals surface area contributed by atoms with Crippen molar-refractivity contribution in [1.82, 2.24) is 14.7 Å². The van der Waals surface area contributed by atoms with Gasteiger partial charge in [0.25, 0.3) is 5.91 Å². The number of amides is 2. The van der Waals surface area contributed by atoms with E-state index in [4.69, 9.17) is 20.3 Å². The molecule has 3 N–H and O–H groups in total. The quantitative estimate of drug-likeness (QED) is 0.549. The smallest absolute Gasteiger partial charge is 0.254 e. The van der Waals surface area contributed by atoms with Gasteiger partial charge < -0.3 is 25.4 Å². The van der Waals surface area contributed by atoms with Crippen molar-refractivity contribution >= 4 is 31.1 Å². The van der Waals surface area contributed by atoms with E-state index in [1.165, 1.54) is 6.08 Å². The minimum atomic E-state index is -0.523. The molecular formula is C26H35N5O4S. The molecular weight excluding hydrogens is 478 g/mol. The van der Waals surface area contributed by atoms with Crippen LogP contribution in [0.25, 0.3) is 11.3 Å². The number of benzene rings is 1. The molecule has 1 saturated heterocycles. The van der Waals surface area contributed by atoms with E-state index in [0.29, 0.717) is 42.0 Å². The predicted molar refractivity (Wildman–Crippen MR) is 143 cm³/mol. The van der Waals surface area contributed by atoms with Crippen molar-refractivity contribution in [3.63, 3.8) is 0 Å². The Labute approximate surface area is 218 Å². The predicted octanol–water partition coefficient (Wildman–Crippen LogP) is 3.44. The van der Waals surface area contributed by atoms with Crippen LogP contribution in [-0.2, 0) is 4.79 Å². The average molecular weight is 514 g/mol. The van der Waals surface area contributed by atoms with Crippen LogP contribution in [0.15, 0.2) is 24.8 Å². The standard InChI is InChI=1S/C26H33N5O4.H2S/c1-4-21(32)30-11-8-15(9-12-30)18-7-10-28-26-23(25(27)33)24(29-31(18)26)17-13-19(34-2)22(16-5-6-16)20(14-17)35-3;/h4,13-16,18,28H,1,5-12H2,2-3H3,(H2,27,33);1H2/t18-;/m0./s1. The van der Waals surface area contributed by atoms with Crippen LogP contribution in [-0.4, -0.2) is 60.3 Å². The van der Waals surface area contributed by atoms with Gasteiger partial charge in [0.1, 0.15) is 28.6 Å². The SMILES string of the molecule is C=CC(=O)N1CCC([C@@H]2CCNc3c(C(N)=O)c(-c4cc(OC)c(C5CC5)c(OC)c4)nn32)CC1.S. The van der Waals surface area contributed by atoms with Crippen LogP contribution in [0.3, 0.4) is 0 Å². The van der Waals surface area contributed by atoms with Crippen molar-refractivity contribution in [2.45, 2.75) is 44.1 Å². The van der Waals surface area contributed by atoms with Crippen LogP contribution >= 0.6 is 13.5 Å². The Balaban J connectivity index is 0.00000304. The lowest BCUT2D eigenvalue weighted by Crippen LogP contribution is -2.41. The zero-order chi connectivity index (χ0) is 24.7. The van der Waals surface area contributed by atoms with Gasteiger partial charge in [0.15, 0.2) is 0 Å². The molecule has 0 radical (unpaired) electrons. The largest absolute Gasteiger partial charge is 0.496 e. The summed E-state index contributed by atoms with van der Waals surface area (Å²) in [5.74, 6) is 2.38. The number of nitrogens with two attached hydrogens (primary N) is 1. The second kappa shape index (κ2) is 10.5. The fourth-order valence-electron chi connectivity index (χ4n) is 5.66. The molecule has 0 bridgehead atoms. The topological polar surface area (TPSA) is 112 Å². The molecule has 9 nitrogen and oxygen atoms in total. The average Bonchev–Trinajstić information content (AvgIpc) is 3.65. The summed E-state index contributed by atoms with van der Waals surface area (Å²) >= 11 is 0. The van der Waals surface area contributed by atoms with E-state index in [1.807, 2.05) is 21.7 Å². The summed E-state index contributed by atoms with van der Waals surface area (Å²) in [7, 11) is 3.30. The number of ether oxygens (including phenoxy) is 2. The maximum absolute atomic E-state index is 12.7. The molecule has 194 valence electrons. The van der Waals surface area contributed by atoms with E-state index >= 15 is 0 Å². The number of fused-ring (bicyclic) bond motifs is 1. The highest BCUT2D eigenvalue weighted by Crippen LogP contribution is 2.50. The molecule has 10 heteroatoms. The molecule has 2 amide bonds. The number of nitrogens with zero attached hydrogens (tertiary/aromatic N) is 3. The van der Waals surface area contributed by atoms with Crippen molar-refractivity contribution in [2.24, 2.45) is 11.7 Å². The van der Waals surface area contributed by atoms with E-state index < -0.39 is 5.91 Å². The number of aromatic nitrogens is 2. The third-order valence-corrected chi connectivity index (χ3v) is 7.58. The number of hydrogen-bond acceptors (Lipinski definition) is 6. The highest BCUT2D eigenvalue weighted by atomic mass is 32.1. The molecule has 0 spiro atoms. The fraction of sp³-hybridized carbons (Fsp3) is 0.500. The van der Waals surface area contributed by atoms with Crippen molar-refractivity contribution in [2.75, 3.05) is 39.2 Å². The van der Waals surface area contributed by atoms with Gasteiger partial charge in [-0.1, -0.05) is 6.58 Å². The lowest BCUT2D eigenvalue weighted by Gasteiger charge is -2.38. The molecule has 1 saturated carbocycles. The summed E-state index contributed by atoms with van der Waals surface area (Å²) < 4.78 is 13.4. The molecule has 36 heavy (non-hydrogen) atoms. The van der Waals surface area contributed by atoms with Crippen LogP contribution in [0.2, 0.25) is 0 Å². The van der Waals surface area contributed by atoms with Crippen molar-refractivity contribution in [1.29, 1.82) is 0 Å². The number of carbonyl (C=O) groups excluding carboxylic acids is 2. The van der Waals surface area contributed by atoms with Crippen LogP contribution in [0.4, 0.5) is 5.82 Å². The van der Waals surface area contributed by atoms with Gasteiger partial charge in [0.2, 0.25) is 5.91 Å². The van der Waals surface area contributed by atoms with Gasteiger partial charge in [-0.2, -0.15) is 18.6 Å². The van der Waals surface area contributed by atoms with Crippen molar-refractivity contribution in [3.8, 4) is 22.8 Å². The zero-order valence-electron chi connectivity index (χ0n) is 20.9. The van der Waals surface area contributed by atoms with Gasteiger partial charge in [-0.05, 0) is 62.1 Å². The maximum Gasteiger partial charge on any atom is 0.254 e. The number of carbonyl (C=O) groups is 2. The van der Waals surface area contributed by atoms with Crippen LogP contribution < -0.4 is 20.5 Å². The molecule has 3 heterocycles. The number of rotatable bonds is 7. The summed E-state index contributed by atoms with van der Waals surface area (Å²) in [4.78, 5) is 26.5. The molecule has 3 aliphatic rings. The van der Waals surface area contributed by atoms with Gasteiger partial charge in [-0.25, -0.2) is 4.68 Å². The Kier molecular flexibility index (Phi) is 7.54. The zero-order valence-corrected chi connectivity index (χ0v) is 21.9. The summed E-state index contributed by atoms with van der Waals surface area (Å²) in [6.45, 7) is 5.73. The number of anilines is 1. The first-order valence-electron chi connectivity index (χ1n) is 12.3. The van der Waals surface area contributed by atoms with Gasteiger partial charge in [-0.15, -0.1) is 0 Å². The van der Waals surface area contributed by atoms with E-state index in [1.54, 1.807) is 14.2 Å². The monoisotopic (exact) mass is 513 g/mol. The van der Waals surface area contributed by atoms with Crippen LogP contribution in [0.5, 0.6) is 11.5 Å². The molecule has 1 aliphatic carbocycles. The van der Waals surface area contributed by atoms with Gasteiger partial charge in [-0.3, -0.25) is 9.59 Å². The third kappa shape index (κ3) is 4.54. The molecule has 1 aromatic heterocycles. The number of nitrogens with one attached hydrogen (secondary N) is 1. The van der Waals surface area contributed by atoms with Crippen molar-refractivity contribution in [3.05, 3.63) is 35.9 Å². The Morgan fingerprint density at radius 3 is 2.28 bits per heavy atom. The fourth-order valence-corrected chi connectivity index (χ4v) is 5.66. The lowest BCUT2D eigenvalue weighted by atomic mass is 9.87. The highest BCUT2D eigenvalue weighted by Gasteiger charge is 2.37. The van der Waals surface area contributed by atoms with E-state index in [2.05, 4.69) is 11.9 Å². The normalized spacial score (nSPS) is 19.5. The first kappa shape index (κ1) is 25.9. The summed E-state index contributed by atoms with van der Waals surface area (Å²) in [6, 6.07) is 3.99. The first-order valence-corrected chi connectivity index (χ1v) is 12.3. The lowest BCUT2D eigenvalue weighted by molar-refractivity contribution is -0.127. The molecule has 0 unspecified atom stereocenters.